The molecule has 0 fully saturated rings. The van der Waals surface area contributed by atoms with Gasteiger partial charge in [0.15, 0.2) is 8.32 Å². The number of aromatic nitrogens is 3. The Morgan fingerprint density at radius 1 is 1.06 bits per heavy atom. The molecule has 0 saturated heterocycles. The number of fused-ring (bicyclic) bond motifs is 1. The van der Waals surface area contributed by atoms with Gasteiger partial charge in [-0.05, 0) is 80.2 Å². The second-order valence-corrected chi connectivity index (χ2v) is 17.9. The van der Waals surface area contributed by atoms with Crippen LogP contribution in [0, 0.1) is 12.8 Å². The summed E-state index contributed by atoms with van der Waals surface area (Å²) < 4.78 is 13.0. The molecule has 1 heterocycles. The van der Waals surface area contributed by atoms with Crippen LogP contribution >= 0.6 is 0 Å². The van der Waals surface area contributed by atoms with Crippen LogP contribution in [-0.2, 0) is 15.3 Å². The van der Waals surface area contributed by atoms with E-state index in [0.717, 1.165) is 28.6 Å². The van der Waals surface area contributed by atoms with Gasteiger partial charge in [0.1, 0.15) is 28.3 Å². The first-order chi connectivity index (χ1) is 15.6. The highest BCUT2D eigenvalue weighted by molar-refractivity contribution is 6.69. The van der Waals surface area contributed by atoms with Gasteiger partial charge in [0.2, 0.25) is 9.76 Å². The van der Waals surface area contributed by atoms with Gasteiger partial charge in [-0.2, -0.15) is 0 Å². The van der Waals surface area contributed by atoms with E-state index in [4.69, 9.17) is 8.85 Å². The lowest BCUT2D eigenvalue weighted by atomic mass is 9.93. The van der Waals surface area contributed by atoms with Crippen molar-refractivity contribution in [3.63, 3.8) is 0 Å². The first kappa shape index (κ1) is 26.6. The Labute approximate surface area is 207 Å². The van der Waals surface area contributed by atoms with Gasteiger partial charge in [0.25, 0.3) is 0 Å². The summed E-state index contributed by atoms with van der Waals surface area (Å²) >= 11 is 0. The molecule has 8 heteroatoms. The molecule has 1 aromatic heterocycles. The van der Waals surface area contributed by atoms with Crippen LogP contribution in [0.5, 0.6) is 5.75 Å². The van der Waals surface area contributed by atoms with Crippen LogP contribution in [0.25, 0.3) is 16.7 Å². The van der Waals surface area contributed by atoms with Crippen molar-refractivity contribution in [3.05, 3.63) is 47.5 Å². The van der Waals surface area contributed by atoms with E-state index in [1.165, 1.54) is 4.80 Å². The monoisotopic (exact) mass is 497 g/mol. The van der Waals surface area contributed by atoms with Crippen LogP contribution in [0.1, 0.15) is 52.2 Å². The number of nitrogens with zero attached hydrogens (tertiary/aromatic N) is 3. The minimum atomic E-state index is -1.83. The van der Waals surface area contributed by atoms with Crippen molar-refractivity contribution < 1.29 is 14.0 Å². The molecule has 184 valence electrons. The molecule has 6 nitrogen and oxygen atoms in total. The first-order valence-electron chi connectivity index (χ1n) is 11.9. The van der Waals surface area contributed by atoms with E-state index in [2.05, 4.69) is 64.5 Å². The Morgan fingerprint density at radius 2 is 1.65 bits per heavy atom. The molecule has 0 aliphatic carbocycles. The van der Waals surface area contributed by atoms with Crippen molar-refractivity contribution in [2.45, 2.75) is 84.9 Å². The highest BCUT2D eigenvalue weighted by atomic mass is 28.4. The molecule has 2 radical (unpaired) electrons. The maximum Gasteiger partial charge on any atom is 0.239 e. The summed E-state index contributed by atoms with van der Waals surface area (Å²) in [4.78, 5) is 1.53. The van der Waals surface area contributed by atoms with E-state index in [0.29, 0.717) is 21.9 Å². The predicted octanol–water partition coefficient (Wildman–Crippen LogP) is 6.43. The fourth-order valence-electron chi connectivity index (χ4n) is 4.20. The average Bonchev–Trinajstić information content (AvgIpc) is 3.11. The number of aryl methyl sites for hydroxylation is 1. The molecule has 2 atom stereocenters. The van der Waals surface area contributed by atoms with Crippen molar-refractivity contribution >= 4 is 29.1 Å². The molecule has 0 spiro atoms. The second kappa shape index (κ2) is 9.93. The standard InChI is InChI=1S/C26H39N3O3Si2/c1-18-14-20(24(30)23(16-18)29-27-21-12-10-11-13-22(21)28-29)15-19(2)17-26(6,32-34(7,8)9)31-33-25(3,4)5/h10-14,16,19,30H,15,17H2,1-9H3. The predicted molar refractivity (Wildman–Crippen MR) is 142 cm³/mol. The molecule has 0 saturated carbocycles. The van der Waals surface area contributed by atoms with Crippen molar-refractivity contribution in [1.82, 2.24) is 15.0 Å². The summed E-state index contributed by atoms with van der Waals surface area (Å²) in [7, 11) is -1.48. The molecule has 34 heavy (non-hydrogen) atoms. The lowest BCUT2D eigenvalue weighted by Crippen LogP contribution is -2.45. The molecular weight excluding hydrogens is 458 g/mol. The Morgan fingerprint density at radius 3 is 2.18 bits per heavy atom. The molecule has 0 aliphatic rings. The molecule has 1 N–H and O–H groups in total. The fourth-order valence-corrected chi connectivity index (χ4v) is 6.35. The molecule has 3 rings (SSSR count). The zero-order valence-electron chi connectivity index (χ0n) is 22.1. The first-order valence-corrected chi connectivity index (χ1v) is 16.3. The molecule has 3 aromatic rings. The topological polar surface area (TPSA) is 69.4 Å². The third kappa shape index (κ3) is 7.24. The fraction of sp³-hybridized carbons (Fsp3) is 0.538. The van der Waals surface area contributed by atoms with Crippen molar-refractivity contribution in [2.24, 2.45) is 5.92 Å². The minimum absolute atomic E-state index is 0.0807. The van der Waals surface area contributed by atoms with Crippen LogP contribution in [0.2, 0.25) is 24.7 Å². The highest BCUT2D eigenvalue weighted by Gasteiger charge is 2.35. The maximum absolute atomic E-state index is 11.2. The quantitative estimate of drug-likeness (QED) is 0.273. The smallest absolute Gasteiger partial charge is 0.239 e. The summed E-state index contributed by atoms with van der Waals surface area (Å²) in [6.07, 6.45) is 1.45. The largest absolute Gasteiger partial charge is 0.505 e. The van der Waals surface area contributed by atoms with Crippen molar-refractivity contribution in [1.29, 1.82) is 0 Å². The summed E-state index contributed by atoms with van der Waals surface area (Å²) in [5.74, 6) is -0.196. The third-order valence-corrected chi connectivity index (χ3v) is 7.39. The Kier molecular flexibility index (Phi) is 7.77. The summed E-state index contributed by atoms with van der Waals surface area (Å²) in [6.45, 7) is 19.4. The average molecular weight is 498 g/mol. The number of aromatic hydroxyl groups is 1. The van der Waals surface area contributed by atoms with E-state index in [1.54, 1.807) is 0 Å². The van der Waals surface area contributed by atoms with Crippen molar-refractivity contribution in [3.8, 4) is 11.4 Å². The number of phenols is 1. The SMILES string of the molecule is Cc1cc(CC(C)CC(C)(O[Si]C(C)(C)C)O[Si](C)(C)C)c(O)c(-n2nc3ccccc3n2)c1. The van der Waals surface area contributed by atoms with Crippen LogP contribution in [0.4, 0.5) is 0 Å². The zero-order valence-corrected chi connectivity index (χ0v) is 24.1. The normalized spacial score (nSPS) is 15.4. The van der Waals surface area contributed by atoms with Crippen LogP contribution in [0.3, 0.4) is 0 Å². The lowest BCUT2D eigenvalue weighted by Gasteiger charge is -2.39. The molecule has 0 aliphatic heterocycles. The number of benzene rings is 2. The Balaban J connectivity index is 1.84. The molecule has 2 unspecified atom stereocenters. The van der Waals surface area contributed by atoms with Crippen LogP contribution < -0.4 is 0 Å². The lowest BCUT2D eigenvalue weighted by molar-refractivity contribution is -0.120. The molecular formula is C26H39N3O3Si2. The molecule has 0 bridgehead atoms. The van der Waals surface area contributed by atoms with Gasteiger partial charge in [-0.1, -0.05) is 45.9 Å². The number of hydrogen-bond donors (Lipinski definition) is 1. The summed E-state index contributed by atoms with van der Waals surface area (Å²) in [6, 6.07) is 11.7. The van der Waals surface area contributed by atoms with Gasteiger partial charge >= 0.3 is 0 Å². The van der Waals surface area contributed by atoms with E-state index in [9.17, 15) is 5.11 Å². The van der Waals surface area contributed by atoms with Gasteiger partial charge in [0.05, 0.1) is 0 Å². The third-order valence-electron chi connectivity index (χ3n) is 5.20. The van der Waals surface area contributed by atoms with E-state index >= 15 is 0 Å². The van der Waals surface area contributed by atoms with E-state index in [1.807, 2.05) is 43.3 Å². The summed E-state index contributed by atoms with van der Waals surface area (Å²) in [5.41, 5.74) is 4.15. The zero-order chi connectivity index (χ0) is 25.3. The van der Waals surface area contributed by atoms with Gasteiger partial charge in [-0.15, -0.1) is 15.0 Å². The minimum Gasteiger partial charge on any atom is -0.505 e. The number of phenolic OH excluding ortho intramolecular Hbond substituents is 1. The van der Waals surface area contributed by atoms with Gasteiger partial charge in [0, 0.05) is 6.42 Å². The van der Waals surface area contributed by atoms with Crippen molar-refractivity contribution in [2.75, 3.05) is 0 Å². The highest BCUT2D eigenvalue weighted by Crippen LogP contribution is 2.34. The van der Waals surface area contributed by atoms with Gasteiger partial charge in [-0.3, -0.25) is 0 Å². The maximum atomic E-state index is 11.2. The molecule has 0 amide bonds. The van der Waals surface area contributed by atoms with Gasteiger partial charge < -0.3 is 14.0 Å². The number of rotatable bonds is 9. The van der Waals surface area contributed by atoms with Crippen LogP contribution in [-0.4, -0.2) is 44.0 Å². The Bertz CT molecular complexity index is 1100. The van der Waals surface area contributed by atoms with E-state index < -0.39 is 14.1 Å². The summed E-state index contributed by atoms with van der Waals surface area (Å²) in [5, 5.41) is 20.4. The van der Waals surface area contributed by atoms with Crippen LogP contribution in [0.15, 0.2) is 36.4 Å². The van der Waals surface area contributed by atoms with E-state index in [-0.39, 0.29) is 16.7 Å². The number of hydrogen-bond acceptors (Lipinski definition) is 5. The van der Waals surface area contributed by atoms with Gasteiger partial charge in [-0.25, -0.2) is 0 Å². The molecule has 2 aromatic carbocycles. The second-order valence-electron chi connectivity index (χ2n) is 11.6. The Hall–Kier alpha value is -2.01.